The molecular formula is C14H18BrF3N2O. The first-order chi connectivity index (χ1) is 9.87. The van der Waals surface area contributed by atoms with Gasteiger partial charge in [0.25, 0.3) is 0 Å². The third-order valence-corrected chi connectivity index (χ3v) is 4.29. The molecule has 1 fully saturated rings. The number of nitrogens with one attached hydrogen (secondary N) is 1. The summed E-state index contributed by atoms with van der Waals surface area (Å²) in [5.41, 5.74) is 0.797. The van der Waals surface area contributed by atoms with Gasteiger partial charge in [-0.1, -0.05) is 6.07 Å². The minimum Gasteiger partial charge on any atom is -0.507 e. The molecule has 118 valence electrons. The molecule has 0 bridgehead atoms. The van der Waals surface area contributed by atoms with Gasteiger partial charge in [-0.2, -0.15) is 13.2 Å². The highest BCUT2D eigenvalue weighted by Gasteiger charge is 2.31. The molecule has 0 radical (unpaired) electrons. The van der Waals surface area contributed by atoms with Gasteiger partial charge in [0, 0.05) is 38.6 Å². The van der Waals surface area contributed by atoms with E-state index in [1.165, 1.54) is 6.07 Å². The number of aromatic hydroxyl groups is 1. The number of alkyl halides is 3. The fraction of sp³-hybridized carbons (Fsp3) is 0.571. The standard InChI is InChI=1S/C14H18BrF3N2O/c15-11-9-10(1-2-13(11)21)12(3-4-14(16,17)18)20-7-5-19-6-8-20/h1-2,9,12,19,21H,3-8H2/t12-/m1/s1. The van der Waals surface area contributed by atoms with Crippen LogP contribution in [0.5, 0.6) is 5.75 Å². The van der Waals surface area contributed by atoms with E-state index in [1.54, 1.807) is 12.1 Å². The van der Waals surface area contributed by atoms with Crippen LogP contribution < -0.4 is 5.32 Å². The third kappa shape index (κ3) is 4.86. The lowest BCUT2D eigenvalue weighted by Crippen LogP contribution is -2.45. The fourth-order valence-corrected chi connectivity index (χ4v) is 2.98. The highest BCUT2D eigenvalue weighted by atomic mass is 79.9. The van der Waals surface area contributed by atoms with E-state index in [0.29, 0.717) is 4.47 Å². The molecule has 1 aromatic carbocycles. The molecule has 7 heteroatoms. The van der Waals surface area contributed by atoms with E-state index in [2.05, 4.69) is 26.1 Å². The predicted molar refractivity (Wildman–Crippen MR) is 78.3 cm³/mol. The summed E-state index contributed by atoms with van der Waals surface area (Å²) >= 11 is 3.23. The molecule has 1 aliphatic rings. The first-order valence-electron chi connectivity index (χ1n) is 6.87. The molecule has 1 atom stereocenters. The average molecular weight is 367 g/mol. The van der Waals surface area contributed by atoms with Crippen LogP contribution in [-0.4, -0.2) is 42.4 Å². The quantitative estimate of drug-likeness (QED) is 0.856. The van der Waals surface area contributed by atoms with Crippen LogP contribution in [0.15, 0.2) is 22.7 Å². The summed E-state index contributed by atoms with van der Waals surface area (Å²) in [6, 6.07) is 4.63. The van der Waals surface area contributed by atoms with Gasteiger partial charge >= 0.3 is 6.18 Å². The van der Waals surface area contributed by atoms with Crippen molar-refractivity contribution in [1.82, 2.24) is 10.2 Å². The largest absolute Gasteiger partial charge is 0.507 e. The molecule has 1 saturated heterocycles. The normalized spacial score (nSPS) is 18.7. The Bertz CT molecular complexity index is 476. The van der Waals surface area contributed by atoms with Gasteiger partial charge in [0.05, 0.1) is 4.47 Å². The summed E-state index contributed by atoms with van der Waals surface area (Å²) in [5.74, 6) is 0.0913. The maximum absolute atomic E-state index is 12.6. The molecule has 0 aliphatic carbocycles. The molecule has 2 N–H and O–H groups in total. The van der Waals surface area contributed by atoms with Crippen molar-refractivity contribution in [2.75, 3.05) is 26.2 Å². The molecule has 0 spiro atoms. The van der Waals surface area contributed by atoms with E-state index in [9.17, 15) is 18.3 Å². The monoisotopic (exact) mass is 366 g/mol. The summed E-state index contributed by atoms with van der Waals surface area (Å²) < 4.78 is 38.2. The Morgan fingerprint density at radius 1 is 1.29 bits per heavy atom. The molecule has 0 saturated carbocycles. The first-order valence-corrected chi connectivity index (χ1v) is 7.66. The summed E-state index contributed by atoms with van der Waals surface area (Å²) in [5, 5.41) is 12.7. The fourth-order valence-electron chi connectivity index (χ4n) is 2.58. The highest BCUT2D eigenvalue weighted by Crippen LogP contribution is 2.34. The van der Waals surface area contributed by atoms with Crippen molar-refractivity contribution in [1.29, 1.82) is 0 Å². The molecule has 3 nitrogen and oxygen atoms in total. The first kappa shape index (κ1) is 16.6. The third-order valence-electron chi connectivity index (χ3n) is 3.65. The van der Waals surface area contributed by atoms with E-state index in [0.717, 1.165) is 31.7 Å². The zero-order valence-corrected chi connectivity index (χ0v) is 13.0. The van der Waals surface area contributed by atoms with E-state index < -0.39 is 12.6 Å². The van der Waals surface area contributed by atoms with Gasteiger partial charge in [0.1, 0.15) is 5.75 Å². The van der Waals surface area contributed by atoms with Gasteiger partial charge in [-0.15, -0.1) is 0 Å². The SMILES string of the molecule is Oc1ccc([C@@H](CCC(F)(F)F)N2CCNCC2)cc1Br. The summed E-state index contributed by atoms with van der Waals surface area (Å²) in [6.07, 6.45) is -4.93. The Morgan fingerprint density at radius 2 is 1.95 bits per heavy atom. The molecule has 1 aliphatic heterocycles. The lowest BCUT2D eigenvalue weighted by atomic mass is 9.99. The summed E-state index contributed by atoms with van der Waals surface area (Å²) in [4.78, 5) is 2.07. The highest BCUT2D eigenvalue weighted by molar-refractivity contribution is 9.10. The van der Waals surface area contributed by atoms with Crippen molar-refractivity contribution in [3.05, 3.63) is 28.2 Å². The minimum atomic E-state index is -4.15. The van der Waals surface area contributed by atoms with Crippen molar-refractivity contribution in [3.63, 3.8) is 0 Å². The molecule has 2 rings (SSSR count). The van der Waals surface area contributed by atoms with E-state index in [4.69, 9.17) is 0 Å². The second-order valence-corrected chi connectivity index (χ2v) is 6.02. The number of halogens is 4. The van der Waals surface area contributed by atoms with Crippen molar-refractivity contribution in [2.24, 2.45) is 0 Å². The maximum Gasteiger partial charge on any atom is 0.389 e. The lowest BCUT2D eigenvalue weighted by molar-refractivity contribution is -0.138. The molecule has 0 amide bonds. The van der Waals surface area contributed by atoms with Crippen LogP contribution in [0, 0.1) is 0 Å². The van der Waals surface area contributed by atoms with Crippen LogP contribution in [-0.2, 0) is 0 Å². The molecular weight excluding hydrogens is 349 g/mol. The molecule has 0 unspecified atom stereocenters. The Labute approximate surface area is 130 Å². The van der Waals surface area contributed by atoms with Gasteiger partial charge in [-0.05, 0) is 40.0 Å². The minimum absolute atomic E-state index is 0.0285. The van der Waals surface area contributed by atoms with Crippen LogP contribution in [0.4, 0.5) is 13.2 Å². The Morgan fingerprint density at radius 3 is 2.52 bits per heavy atom. The van der Waals surface area contributed by atoms with Gasteiger partial charge in [0.2, 0.25) is 0 Å². The molecule has 21 heavy (non-hydrogen) atoms. The van der Waals surface area contributed by atoms with E-state index >= 15 is 0 Å². The second kappa shape index (κ2) is 6.98. The number of hydrogen-bond acceptors (Lipinski definition) is 3. The van der Waals surface area contributed by atoms with Crippen LogP contribution in [0.3, 0.4) is 0 Å². The lowest BCUT2D eigenvalue weighted by Gasteiger charge is -2.35. The van der Waals surface area contributed by atoms with Crippen molar-refractivity contribution in [2.45, 2.75) is 25.1 Å². The zero-order valence-electron chi connectivity index (χ0n) is 11.5. The number of benzene rings is 1. The number of phenols is 1. The predicted octanol–water partition coefficient (Wildman–Crippen LogP) is 3.44. The van der Waals surface area contributed by atoms with Crippen LogP contribution in [0.1, 0.15) is 24.4 Å². The number of hydrogen-bond donors (Lipinski definition) is 2. The van der Waals surface area contributed by atoms with Crippen molar-refractivity contribution in [3.8, 4) is 5.75 Å². The molecule has 1 aromatic rings. The molecule has 1 heterocycles. The Hall–Kier alpha value is -0.790. The smallest absolute Gasteiger partial charge is 0.389 e. The maximum atomic E-state index is 12.6. The number of nitrogens with zero attached hydrogens (tertiary/aromatic N) is 1. The van der Waals surface area contributed by atoms with Gasteiger partial charge in [-0.3, -0.25) is 4.90 Å². The van der Waals surface area contributed by atoms with Crippen LogP contribution in [0.25, 0.3) is 0 Å². The zero-order chi connectivity index (χ0) is 15.5. The van der Waals surface area contributed by atoms with Gasteiger partial charge < -0.3 is 10.4 Å². The van der Waals surface area contributed by atoms with Crippen LogP contribution in [0.2, 0.25) is 0 Å². The van der Waals surface area contributed by atoms with E-state index in [-0.39, 0.29) is 18.2 Å². The topological polar surface area (TPSA) is 35.5 Å². The van der Waals surface area contributed by atoms with Crippen molar-refractivity contribution >= 4 is 15.9 Å². The summed E-state index contributed by atoms with van der Waals surface area (Å²) in [7, 11) is 0. The average Bonchev–Trinajstić information content (AvgIpc) is 2.43. The number of phenolic OH excluding ortho intramolecular Hbond substituents is 1. The van der Waals surface area contributed by atoms with Crippen molar-refractivity contribution < 1.29 is 18.3 Å². The van der Waals surface area contributed by atoms with E-state index in [1.807, 2.05) is 0 Å². The van der Waals surface area contributed by atoms with Gasteiger partial charge in [0.15, 0.2) is 0 Å². The number of rotatable bonds is 4. The summed E-state index contributed by atoms with van der Waals surface area (Å²) in [6.45, 7) is 3.01. The Kier molecular flexibility index (Phi) is 5.51. The number of piperazine rings is 1. The van der Waals surface area contributed by atoms with Gasteiger partial charge in [-0.25, -0.2) is 0 Å². The second-order valence-electron chi connectivity index (χ2n) is 5.17. The molecule has 0 aromatic heterocycles. The van der Waals surface area contributed by atoms with Crippen LogP contribution >= 0.6 is 15.9 Å². The Balaban J connectivity index is 2.18.